The third-order valence-corrected chi connectivity index (χ3v) is 15.3. The second kappa shape index (κ2) is 59.3. The largest absolute Gasteiger partial charge is 0.472 e. The summed E-state index contributed by atoms with van der Waals surface area (Å²) in [6.45, 7) is 2.50. The fourth-order valence-electron chi connectivity index (χ4n) is 8.43. The van der Waals surface area contributed by atoms with Gasteiger partial charge in [-0.3, -0.25) is 32.5 Å². The first-order chi connectivity index (χ1) is 40.2. The van der Waals surface area contributed by atoms with Gasteiger partial charge in [0.25, 0.3) is 0 Å². The Balaban J connectivity index is 4.71. The molecule has 0 rings (SSSR count). The van der Waals surface area contributed by atoms with Crippen molar-refractivity contribution in [1.29, 1.82) is 0 Å². The number of unbranched alkanes of at least 4 members (excludes halogenated alkanes) is 26. The third-order valence-electron chi connectivity index (χ3n) is 13.4. The molecule has 4 N–H and O–H groups in total. The van der Waals surface area contributed by atoms with Crippen molar-refractivity contribution < 1.29 is 75.8 Å². The van der Waals surface area contributed by atoms with Gasteiger partial charge in [0.2, 0.25) is 0 Å². The summed E-state index contributed by atoms with van der Waals surface area (Å²) in [6.07, 6.45) is 59.6. The van der Waals surface area contributed by atoms with E-state index in [0.29, 0.717) is 19.3 Å². The summed E-state index contributed by atoms with van der Waals surface area (Å²) in [5.74, 6) is -1.61. The molecule has 0 fully saturated rings. The molecule has 0 amide bonds. The molecule has 0 heterocycles. The molecule has 0 radical (unpaired) electrons. The number of phosphoric acid groups is 2. The average molecular weight is 1220 g/mol. The maximum absolute atomic E-state index is 12.9. The molecule has 5 atom stereocenters. The summed E-state index contributed by atoms with van der Waals surface area (Å²) in [6, 6.07) is 0. The highest BCUT2D eigenvalue weighted by molar-refractivity contribution is 7.47. The molecule has 16 nitrogen and oxygen atoms in total. The minimum absolute atomic E-state index is 0.0944. The number of carbonyl (C=O) groups is 3. The van der Waals surface area contributed by atoms with Gasteiger partial charge in [-0.1, -0.05) is 209 Å². The molecular weight excluding hydrogens is 1100 g/mol. The van der Waals surface area contributed by atoms with Gasteiger partial charge in [-0.15, -0.1) is 0 Å². The van der Waals surface area contributed by atoms with Gasteiger partial charge in [0.05, 0.1) is 26.4 Å². The van der Waals surface area contributed by atoms with E-state index in [9.17, 15) is 43.5 Å². The summed E-state index contributed by atoms with van der Waals surface area (Å²) in [5.41, 5.74) is 0. The van der Waals surface area contributed by atoms with Gasteiger partial charge < -0.3 is 34.2 Å². The Morgan fingerprint density at radius 2 is 0.639 bits per heavy atom. The van der Waals surface area contributed by atoms with Crippen LogP contribution in [0.1, 0.15) is 265 Å². The first kappa shape index (κ1) is 80.0. The van der Waals surface area contributed by atoms with E-state index in [-0.39, 0.29) is 19.3 Å². The second-order valence-corrected chi connectivity index (χ2v) is 24.4. The second-order valence-electron chi connectivity index (χ2n) is 21.5. The van der Waals surface area contributed by atoms with Crippen LogP contribution in [0, 0.1) is 0 Å². The molecule has 18 heteroatoms. The predicted molar refractivity (Wildman–Crippen MR) is 335 cm³/mol. The fraction of sp³-hybridized carbons (Fsp3) is 0.769. The SMILES string of the molecule is CC/C=C\C/C=C\C/C=C\C/C=C\CCCCCCC(=O)OCC(O)COP(=O)(O)OCC(O)COP(=O)(O)OCC(COC(=O)CCCCCCC/C=C\CCCCCCCC)OC(=O)CCCCCCC/C=C\CCCCCCCC. The standard InChI is InChI=1S/C65H116O16P2/c1-4-7-10-13-16-19-22-25-28-29-32-34-36-39-42-45-48-51-63(68)75-54-60(66)55-77-82(71,72)78-56-61(67)57-79-83(73,74)80-59-62(81-65(70)53-50-47-44-41-38-35-31-27-24-21-18-15-12-9-6-3)58-76-64(69)52-49-46-43-40-37-33-30-26-23-20-17-14-11-8-5-2/h7,10,16,19,25-28,30-32,34,60-62,66-67H,4-6,8-9,11-15,17-18,20-24,29,33,35-59H2,1-3H3,(H,71,72)(H,73,74)/b10-7-,19-16-,28-25-,30-26-,31-27-,34-32-. The van der Waals surface area contributed by atoms with E-state index >= 15 is 0 Å². The van der Waals surface area contributed by atoms with Crippen LogP contribution in [0.2, 0.25) is 0 Å². The van der Waals surface area contributed by atoms with Gasteiger partial charge in [-0.2, -0.15) is 0 Å². The van der Waals surface area contributed by atoms with Crippen LogP contribution in [0.5, 0.6) is 0 Å². The van der Waals surface area contributed by atoms with Gasteiger partial charge in [0.15, 0.2) is 6.10 Å². The number of aliphatic hydroxyl groups is 2. The molecule has 0 aromatic carbocycles. The summed E-state index contributed by atoms with van der Waals surface area (Å²) >= 11 is 0. The Labute approximate surface area is 503 Å². The average Bonchev–Trinajstić information content (AvgIpc) is 3.47. The number of allylic oxidation sites excluding steroid dienone is 12. The van der Waals surface area contributed by atoms with Crippen molar-refractivity contribution in [1.82, 2.24) is 0 Å². The number of ether oxygens (including phenoxy) is 3. The number of hydrogen-bond donors (Lipinski definition) is 4. The highest BCUT2D eigenvalue weighted by atomic mass is 31.2. The summed E-state index contributed by atoms with van der Waals surface area (Å²) in [4.78, 5) is 58.2. The van der Waals surface area contributed by atoms with Gasteiger partial charge in [0.1, 0.15) is 25.4 Å². The molecule has 0 saturated carbocycles. The minimum atomic E-state index is -4.92. The van der Waals surface area contributed by atoms with Crippen molar-refractivity contribution in [2.75, 3.05) is 39.6 Å². The van der Waals surface area contributed by atoms with Crippen LogP contribution in [-0.2, 0) is 55.8 Å². The molecule has 83 heavy (non-hydrogen) atoms. The molecule has 0 saturated heterocycles. The van der Waals surface area contributed by atoms with Crippen LogP contribution in [0.15, 0.2) is 72.9 Å². The van der Waals surface area contributed by atoms with Gasteiger partial charge in [-0.05, 0) is 109 Å². The minimum Gasteiger partial charge on any atom is -0.463 e. The highest BCUT2D eigenvalue weighted by Crippen LogP contribution is 2.45. The first-order valence-electron chi connectivity index (χ1n) is 32.2. The van der Waals surface area contributed by atoms with Crippen molar-refractivity contribution in [3.63, 3.8) is 0 Å². The van der Waals surface area contributed by atoms with Gasteiger partial charge in [-0.25, -0.2) is 9.13 Å². The molecule has 0 spiro atoms. The molecule has 0 aliphatic rings. The van der Waals surface area contributed by atoms with E-state index in [2.05, 4.69) is 93.7 Å². The Morgan fingerprint density at radius 3 is 1.02 bits per heavy atom. The van der Waals surface area contributed by atoms with Crippen molar-refractivity contribution in [3.8, 4) is 0 Å². The van der Waals surface area contributed by atoms with Crippen LogP contribution in [0.3, 0.4) is 0 Å². The van der Waals surface area contributed by atoms with E-state index in [4.69, 9.17) is 32.3 Å². The summed E-state index contributed by atoms with van der Waals surface area (Å²) < 4.78 is 60.7. The van der Waals surface area contributed by atoms with E-state index in [1.807, 2.05) is 0 Å². The summed E-state index contributed by atoms with van der Waals surface area (Å²) in [7, 11) is -9.77. The lowest BCUT2D eigenvalue weighted by atomic mass is 10.1. The van der Waals surface area contributed by atoms with E-state index in [1.165, 1.54) is 77.0 Å². The monoisotopic (exact) mass is 1210 g/mol. The Bertz CT molecular complexity index is 1820. The topological polar surface area (TPSA) is 231 Å². The summed E-state index contributed by atoms with van der Waals surface area (Å²) in [5, 5.41) is 20.5. The van der Waals surface area contributed by atoms with E-state index in [1.54, 1.807) is 0 Å². The maximum Gasteiger partial charge on any atom is 0.472 e. The lowest BCUT2D eigenvalue weighted by Crippen LogP contribution is -2.30. The smallest absolute Gasteiger partial charge is 0.463 e. The molecule has 0 aromatic rings. The van der Waals surface area contributed by atoms with E-state index < -0.39 is 91.5 Å². The van der Waals surface area contributed by atoms with Crippen molar-refractivity contribution in [2.24, 2.45) is 0 Å². The zero-order chi connectivity index (χ0) is 61.0. The normalized spacial score (nSPS) is 14.8. The number of aliphatic hydroxyl groups excluding tert-OH is 2. The molecule has 0 bridgehead atoms. The molecule has 482 valence electrons. The zero-order valence-electron chi connectivity index (χ0n) is 51.9. The lowest BCUT2D eigenvalue weighted by molar-refractivity contribution is -0.161. The number of esters is 3. The molecule has 5 unspecified atom stereocenters. The van der Waals surface area contributed by atoms with Crippen molar-refractivity contribution in [2.45, 2.75) is 283 Å². The van der Waals surface area contributed by atoms with Crippen LogP contribution < -0.4 is 0 Å². The fourth-order valence-corrected chi connectivity index (χ4v) is 10.0. The van der Waals surface area contributed by atoms with Crippen LogP contribution in [0.25, 0.3) is 0 Å². The van der Waals surface area contributed by atoms with Crippen molar-refractivity contribution in [3.05, 3.63) is 72.9 Å². The molecule has 0 aromatic heterocycles. The molecule has 0 aliphatic heterocycles. The van der Waals surface area contributed by atoms with E-state index in [0.717, 1.165) is 128 Å². The number of hydrogen-bond acceptors (Lipinski definition) is 14. The molecule has 0 aliphatic carbocycles. The van der Waals surface area contributed by atoms with Crippen LogP contribution in [-0.4, -0.2) is 95.9 Å². The van der Waals surface area contributed by atoms with Gasteiger partial charge in [0, 0.05) is 19.3 Å². The molecular formula is C65H116O16P2. The number of phosphoric ester groups is 2. The quantitative estimate of drug-likeness (QED) is 0.0146. The first-order valence-corrected chi connectivity index (χ1v) is 35.2. The third kappa shape index (κ3) is 60.5. The lowest BCUT2D eigenvalue weighted by Gasteiger charge is -2.21. The highest BCUT2D eigenvalue weighted by Gasteiger charge is 2.29. The van der Waals surface area contributed by atoms with Gasteiger partial charge >= 0.3 is 33.6 Å². The zero-order valence-corrected chi connectivity index (χ0v) is 53.6. The van der Waals surface area contributed by atoms with Crippen LogP contribution in [0.4, 0.5) is 0 Å². The Morgan fingerprint density at radius 1 is 0.349 bits per heavy atom. The van der Waals surface area contributed by atoms with Crippen molar-refractivity contribution >= 4 is 33.6 Å². The van der Waals surface area contributed by atoms with Crippen LogP contribution >= 0.6 is 15.6 Å². The number of carbonyl (C=O) groups excluding carboxylic acids is 3. The maximum atomic E-state index is 12.9. The Kier molecular flexibility index (Phi) is 57.2. The predicted octanol–water partition coefficient (Wildman–Crippen LogP) is 17.2. The number of rotatable bonds is 61. The Hall–Kier alpha value is -3.01.